The Morgan fingerprint density at radius 2 is 1.05 bits per heavy atom. The first-order valence-electron chi connectivity index (χ1n) is 5.54. The Morgan fingerprint density at radius 3 is 1.26 bits per heavy atom. The smallest absolute Gasteiger partial charge is 0.166 e. The van der Waals surface area contributed by atoms with Crippen LogP contribution in [0.4, 0.5) is 26.3 Å². The summed E-state index contributed by atoms with van der Waals surface area (Å²) in [6.45, 7) is 5.55. The van der Waals surface area contributed by atoms with E-state index in [2.05, 4.69) is 0 Å². The lowest BCUT2D eigenvalue weighted by Gasteiger charge is -2.24. The molecule has 0 heterocycles. The van der Waals surface area contributed by atoms with Gasteiger partial charge in [0, 0.05) is 0 Å². The van der Waals surface area contributed by atoms with Crippen LogP contribution in [0.1, 0.15) is 43.0 Å². The van der Waals surface area contributed by atoms with Crippen LogP contribution in [0.5, 0.6) is 0 Å². The minimum atomic E-state index is -4.80. The lowest BCUT2D eigenvalue weighted by molar-refractivity contribution is -0.144. The van der Waals surface area contributed by atoms with E-state index in [0.717, 1.165) is 19.1 Å². The van der Waals surface area contributed by atoms with Gasteiger partial charge in [0.2, 0.25) is 0 Å². The first-order valence-corrected chi connectivity index (χ1v) is 5.54. The molecule has 108 valence electrons. The number of rotatable bonds is 0. The molecule has 0 aromatic heterocycles. The first kappa shape index (κ1) is 15.9. The zero-order valence-electron chi connectivity index (χ0n) is 10.9. The summed E-state index contributed by atoms with van der Waals surface area (Å²) in [4.78, 5) is 0. The summed E-state index contributed by atoms with van der Waals surface area (Å²) in [5.74, 6) is 0. The Morgan fingerprint density at radius 1 is 0.737 bits per heavy atom. The number of alkyl halides is 6. The summed E-state index contributed by atoms with van der Waals surface area (Å²) in [7, 11) is 0. The third kappa shape index (κ3) is 3.42. The highest BCUT2D eigenvalue weighted by atomic mass is 19.4. The number of hydrogen-bond acceptors (Lipinski definition) is 0. The molecule has 1 rings (SSSR count). The van der Waals surface area contributed by atoms with Crippen LogP contribution < -0.4 is 0 Å². The van der Waals surface area contributed by atoms with Gasteiger partial charge >= 0.3 is 12.4 Å². The van der Waals surface area contributed by atoms with E-state index in [1.165, 1.54) is 0 Å². The van der Waals surface area contributed by atoms with Crippen molar-refractivity contribution in [2.45, 2.75) is 45.5 Å². The average molecular weight is 284 g/mol. The molecule has 1 aromatic rings. The van der Waals surface area contributed by atoms with Crippen molar-refractivity contribution in [3.8, 4) is 0 Å². The van der Waals surface area contributed by atoms with Crippen molar-refractivity contribution in [1.29, 1.82) is 0 Å². The minimum Gasteiger partial charge on any atom is -0.166 e. The summed E-state index contributed by atoms with van der Waals surface area (Å²) in [5, 5.41) is 0. The summed E-state index contributed by atoms with van der Waals surface area (Å²) in [6.07, 6.45) is -9.60. The zero-order valence-corrected chi connectivity index (χ0v) is 10.9. The van der Waals surface area contributed by atoms with Crippen molar-refractivity contribution in [3.05, 3.63) is 34.4 Å². The fourth-order valence-corrected chi connectivity index (χ4v) is 1.74. The molecule has 0 amide bonds. The number of hydrogen-bond donors (Lipinski definition) is 0. The molecule has 6 heteroatoms. The fourth-order valence-electron chi connectivity index (χ4n) is 1.74. The van der Waals surface area contributed by atoms with Gasteiger partial charge in [-0.2, -0.15) is 26.3 Å². The van der Waals surface area contributed by atoms with Gasteiger partial charge in [0.05, 0.1) is 11.1 Å². The number of benzene rings is 1. The van der Waals surface area contributed by atoms with Crippen molar-refractivity contribution >= 4 is 0 Å². The standard InChI is InChI=1S/C13H14F6/c1-7-9(12(14,15)16)5-8(11(2,3)4)6-10(7)13(17,18)19/h5-6H,1-4H3. The lowest BCUT2D eigenvalue weighted by atomic mass is 9.83. The van der Waals surface area contributed by atoms with Gasteiger partial charge in [0.1, 0.15) is 0 Å². The van der Waals surface area contributed by atoms with E-state index in [-0.39, 0.29) is 5.56 Å². The number of halogens is 6. The average Bonchev–Trinajstić information content (AvgIpc) is 2.11. The summed E-state index contributed by atoms with van der Waals surface area (Å²) < 4.78 is 76.9. The van der Waals surface area contributed by atoms with Crippen LogP contribution in [-0.2, 0) is 17.8 Å². The fraction of sp³-hybridized carbons (Fsp3) is 0.538. The van der Waals surface area contributed by atoms with Crippen LogP contribution in [0.25, 0.3) is 0 Å². The molecule has 19 heavy (non-hydrogen) atoms. The second kappa shape index (κ2) is 4.42. The second-order valence-electron chi connectivity index (χ2n) is 5.44. The predicted molar refractivity (Wildman–Crippen MR) is 59.9 cm³/mol. The maximum atomic E-state index is 12.8. The molecular formula is C13H14F6. The molecule has 0 aliphatic rings. The first-order chi connectivity index (χ1) is 8.24. The Balaban J connectivity index is 3.68. The third-order valence-electron chi connectivity index (χ3n) is 2.88. The Kier molecular flexibility index (Phi) is 3.69. The van der Waals surface area contributed by atoms with E-state index in [0.29, 0.717) is 0 Å². The molecule has 0 N–H and O–H groups in total. The van der Waals surface area contributed by atoms with E-state index < -0.39 is 34.5 Å². The summed E-state index contributed by atoms with van der Waals surface area (Å²) in [5.41, 5.74) is -4.03. The predicted octanol–water partition coefficient (Wildman–Crippen LogP) is 5.33. The molecular weight excluding hydrogens is 270 g/mol. The highest BCUT2D eigenvalue weighted by Crippen LogP contribution is 2.41. The van der Waals surface area contributed by atoms with Gasteiger partial charge in [-0.3, -0.25) is 0 Å². The van der Waals surface area contributed by atoms with E-state index in [1.807, 2.05) is 0 Å². The largest absolute Gasteiger partial charge is 0.416 e. The zero-order chi connectivity index (χ0) is 15.2. The van der Waals surface area contributed by atoms with Crippen LogP contribution in [0.3, 0.4) is 0 Å². The van der Waals surface area contributed by atoms with Gasteiger partial charge in [0.15, 0.2) is 0 Å². The van der Waals surface area contributed by atoms with Gasteiger partial charge in [-0.15, -0.1) is 0 Å². The molecule has 0 saturated heterocycles. The Bertz CT molecular complexity index is 438. The van der Waals surface area contributed by atoms with Gasteiger partial charge in [-0.1, -0.05) is 20.8 Å². The SMILES string of the molecule is Cc1c(C(F)(F)F)cc(C(C)(C)C)cc1C(F)(F)F. The molecule has 0 aliphatic heterocycles. The molecule has 0 aliphatic carbocycles. The Labute approximate surface area is 107 Å². The monoisotopic (exact) mass is 284 g/mol. The van der Waals surface area contributed by atoms with Crippen LogP contribution in [0.15, 0.2) is 12.1 Å². The second-order valence-corrected chi connectivity index (χ2v) is 5.44. The summed E-state index contributed by atoms with van der Waals surface area (Å²) >= 11 is 0. The van der Waals surface area contributed by atoms with Crippen LogP contribution >= 0.6 is 0 Å². The molecule has 0 bridgehead atoms. The molecule has 0 fully saturated rings. The lowest BCUT2D eigenvalue weighted by Crippen LogP contribution is -2.19. The van der Waals surface area contributed by atoms with Gasteiger partial charge in [-0.05, 0) is 35.6 Å². The maximum Gasteiger partial charge on any atom is 0.416 e. The van der Waals surface area contributed by atoms with Crippen LogP contribution in [0.2, 0.25) is 0 Å². The van der Waals surface area contributed by atoms with Gasteiger partial charge in [-0.25, -0.2) is 0 Å². The summed E-state index contributed by atoms with van der Waals surface area (Å²) in [6, 6.07) is 1.59. The van der Waals surface area contributed by atoms with Crippen LogP contribution in [0, 0.1) is 6.92 Å². The van der Waals surface area contributed by atoms with Crippen molar-refractivity contribution in [2.75, 3.05) is 0 Å². The molecule has 1 aromatic carbocycles. The van der Waals surface area contributed by atoms with Crippen molar-refractivity contribution in [3.63, 3.8) is 0 Å². The van der Waals surface area contributed by atoms with Gasteiger partial charge in [0.25, 0.3) is 0 Å². The van der Waals surface area contributed by atoms with Gasteiger partial charge < -0.3 is 0 Å². The molecule has 0 radical (unpaired) electrons. The van der Waals surface area contributed by atoms with Crippen molar-refractivity contribution < 1.29 is 26.3 Å². The molecule has 0 saturated carbocycles. The van der Waals surface area contributed by atoms with Crippen molar-refractivity contribution in [2.24, 2.45) is 0 Å². The molecule has 0 nitrogen and oxygen atoms in total. The quantitative estimate of drug-likeness (QED) is 0.565. The van der Waals surface area contributed by atoms with E-state index in [1.54, 1.807) is 20.8 Å². The van der Waals surface area contributed by atoms with Crippen LogP contribution in [-0.4, -0.2) is 0 Å². The third-order valence-corrected chi connectivity index (χ3v) is 2.88. The normalized spacial score (nSPS) is 13.8. The highest BCUT2D eigenvalue weighted by Gasteiger charge is 2.40. The topological polar surface area (TPSA) is 0 Å². The molecule has 0 spiro atoms. The molecule has 0 unspecified atom stereocenters. The van der Waals surface area contributed by atoms with E-state index in [4.69, 9.17) is 0 Å². The molecule has 0 atom stereocenters. The van der Waals surface area contributed by atoms with E-state index >= 15 is 0 Å². The van der Waals surface area contributed by atoms with E-state index in [9.17, 15) is 26.3 Å². The van der Waals surface area contributed by atoms with Crippen molar-refractivity contribution in [1.82, 2.24) is 0 Å². The Hall–Kier alpha value is -1.20. The minimum absolute atomic E-state index is 0.0118. The highest BCUT2D eigenvalue weighted by molar-refractivity contribution is 5.43. The maximum absolute atomic E-state index is 12.8.